The lowest BCUT2D eigenvalue weighted by molar-refractivity contribution is -0.132. The van der Waals surface area contributed by atoms with E-state index in [2.05, 4.69) is 31.0 Å². The minimum Gasteiger partial charge on any atom is -0.483 e. The van der Waals surface area contributed by atoms with Gasteiger partial charge in [-0.3, -0.25) is 14.5 Å². The fourth-order valence-corrected chi connectivity index (χ4v) is 6.64. The van der Waals surface area contributed by atoms with Crippen LogP contribution in [-0.2, 0) is 20.7 Å². The number of nitrogens with zero attached hydrogens (tertiary/aromatic N) is 3. The average Bonchev–Trinajstić information content (AvgIpc) is 3.36. The number of carbonyl (C=O) groups is 2. The van der Waals surface area contributed by atoms with Crippen molar-refractivity contribution < 1.29 is 14.3 Å². The van der Waals surface area contributed by atoms with E-state index >= 15 is 0 Å². The summed E-state index contributed by atoms with van der Waals surface area (Å²) < 4.78 is 6.28. The molecule has 0 radical (unpaired) electrons. The molecule has 4 atom stereocenters. The van der Waals surface area contributed by atoms with Crippen LogP contribution in [0, 0.1) is 17.8 Å². The van der Waals surface area contributed by atoms with E-state index in [4.69, 9.17) is 4.74 Å². The Morgan fingerprint density at radius 2 is 1.94 bits per heavy atom. The van der Waals surface area contributed by atoms with Gasteiger partial charge in [-0.1, -0.05) is 44.2 Å². The minimum atomic E-state index is -0.533. The van der Waals surface area contributed by atoms with Gasteiger partial charge in [0.1, 0.15) is 11.1 Å². The first-order chi connectivity index (χ1) is 15.9. The summed E-state index contributed by atoms with van der Waals surface area (Å²) in [4.78, 5) is 30.3. The maximum Gasteiger partial charge on any atom is 0.296 e. The van der Waals surface area contributed by atoms with E-state index in [9.17, 15) is 9.59 Å². The monoisotopic (exact) mass is 483 g/mol. The van der Waals surface area contributed by atoms with Crippen molar-refractivity contribution in [1.82, 2.24) is 10.2 Å². The van der Waals surface area contributed by atoms with Gasteiger partial charge in [0.2, 0.25) is 5.13 Å². The van der Waals surface area contributed by atoms with E-state index in [1.165, 1.54) is 11.3 Å². The molecule has 0 N–H and O–H groups in total. The van der Waals surface area contributed by atoms with Gasteiger partial charge in [0, 0.05) is 11.3 Å². The summed E-state index contributed by atoms with van der Waals surface area (Å²) in [7, 11) is 0. The van der Waals surface area contributed by atoms with E-state index in [0.717, 1.165) is 41.1 Å². The SMILES string of the molecule is CSc1ccc(C2C3=C(OC4CCC(C)CC4C3=O)C(=O)N2c2nnc(CC(C)C)s2)cc1. The topological polar surface area (TPSA) is 72.4 Å². The molecule has 2 aliphatic heterocycles. The van der Waals surface area contributed by atoms with Crippen LogP contribution in [0.1, 0.15) is 56.6 Å². The summed E-state index contributed by atoms with van der Waals surface area (Å²) >= 11 is 3.09. The summed E-state index contributed by atoms with van der Waals surface area (Å²) in [6, 6.07) is 7.54. The van der Waals surface area contributed by atoms with Crippen LogP contribution in [0.25, 0.3) is 0 Å². The second-order valence-electron chi connectivity index (χ2n) is 9.72. The molecule has 1 saturated carbocycles. The Kier molecular flexibility index (Phi) is 6.07. The number of carbonyl (C=O) groups excluding carboxylic acids is 2. The molecule has 33 heavy (non-hydrogen) atoms. The molecule has 1 aromatic heterocycles. The molecule has 2 aromatic rings. The van der Waals surface area contributed by atoms with Crippen molar-refractivity contribution in [1.29, 1.82) is 0 Å². The molecule has 6 nitrogen and oxygen atoms in total. The molecular weight excluding hydrogens is 454 g/mol. The molecule has 0 spiro atoms. The van der Waals surface area contributed by atoms with Crippen LogP contribution < -0.4 is 4.90 Å². The van der Waals surface area contributed by atoms with Crippen LogP contribution in [0.5, 0.6) is 0 Å². The van der Waals surface area contributed by atoms with Gasteiger partial charge in [0.25, 0.3) is 5.91 Å². The molecular formula is C25H29N3O3S2. The second-order valence-corrected chi connectivity index (χ2v) is 11.6. The van der Waals surface area contributed by atoms with Gasteiger partial charge in [0.15, 0.2) is 11.5 Å². The average molecular weight is 484 g/mol. The quantitative estimate of drug-likeness (QED) is 0.544. The van der Waals surface area contributed by atoms with Gasteiger partial charge in [0.05, 0.1) is 17.5 Å². The Bertz CT molecular complexity index is 1110. The standard InChI is InChI=1S/C25H29N3O3S2/c1-13(2)11-19-26-27-25(33-19)28-21(15-6-8-16(32-4)9-7-15)20-22(29)17-12-14(3)5-10-18(17)31-23(20)24(28)30/h6-9,13-14,17-18,21H,5,10-12H2,1-4H3. The highest BCUT2D eigenvalue weighted by atomic mass is 32.2. The first kappa shape index (κ1) is 22.6. The van der Waals surface area contributed by atoms with Crippen molar-refractivity contribution in [3.63, 3.8) is 0 Å². The molecule has 1 amide bonds. The molecule has 174 valence electrons. The zero-order chi connectivity index (χ0) is 23.3. The maximum absolute atomic E-state index is 13.8. The highest BCUT2D eigenvalue weighted by Gasteiger charge is 2.53. The molecule has 0 bridgehead atoms. The smallest absolute Gasteiger partial charge is 0.296 e. The van der Waals surface area contributed by atoms with E-state index in [1.807, 2.05) is 30.5 Å². The number of hydrogen-bond donors (Lipinski definition) is 0. The molecule has 1 aromatic carbocycles. The maximum atomic E-state index is 13.8. The second kappa shape index (κ2) is 8.87. The Balaban J connectivity index is 1.59. The highest BCUT2D eigenvalue weighted by Crippen LogP contribution is 2.49. The third kappa shape index (κ3) is 4.01. The molecule has 1 aliphatic carbocycles. The largest absolute Gasteiger partial charge is 0.483 e. The molecule has 1 fully saturated rings. The minimum absolute atomic E-state index is 0.0644. The number of amides is 1. The summed E-state index contributed by atoms with van der Waals surface area (Å²) in [5.74, 6) is 0.747. The summed E-state index contributed by atoms with van der Waals surface area (Å²) in [5.41, 5.74) is 1.39. The van der Waals surface area contributed by atoms with Crippen molar-refractivity contribution in [3.05, 3.63) is 46.2 Å². The Labute approximate surface area is 202 Å². The zero-order valence-corrected chi connectivity index (χ0v) is 21.0. The van der Waals surface area contributed by atoms with E-state index in [-0.39, 0.29) is 29.5 Å². The first-order valence-corrected chi connectivity index (χ1v) is 13.7. The van der Waals surface area contributed by atoms with Gasteiger partial charge in [-0.25, -0.2) is 0 Å². The van der Waals surface area contributed by atoms with E-state index in [1.54, 1.807) is 16.7 Å². The fraction of sp³-hybridized carbons (Fsp3) is 0.520. The molecule has 3 heterocycles. The van der Waals surface area contributed by atoms with Crippen molar-refractivity contribution in [2.45, 2.75) is 63.5 Å². The number of hydrogen-bond acceptors (Lipinski definition) is 7. The number of rotatable bonds is 5. The highest BCUT2D eigenvalue weighted by molar-refractivity contribution is 7.98. The summed E-state index contributed by atoms with van der Waals surface area (Å²) in [6.07, 6.45) is 5.26. The van der Waals surface area contributed by atoms with Gasteiger partial charge < -0.3 is 4.74 Å². The number of benzene rings is 1. The van der Waals surface area contributed by atoms with Gasteiger partial charge in [-0.2, -0.15) is 0 Å². The van der Waals surface area contributed by atoms with Crippen LogP contribution in [-0.4, -0.2) is 34.2 Å². The summed E-state index contributed by atoms with van der Waals surface area (Å²) in [6.45, 7) is 6.46. The number of ketones is 1. The molecule has 3 aliphatic rings. The number of anilines is 1. The number of thioether (sulfide) groups is 1. The number of aromatic nitrogens is 2. The Hall–Kier alpha value is -2.19. The summed E-state index contributed by atoms with van der Waals surface area (Å²) in [5, 5.41) is 10.1. The van der Waals surface area contributed by atoms with Gasteiger partial charge >= 0.3 is 0 Å². The lowest BCUT2D eigenvalue weighted by atomic mass is 9.74. The normalized spacial score (nSPS) is 27.1. The third-order valence-corrected chi connectivity index (χ3v) is 8.47. The van der Waals surface area contributed by atoms with Crippen molar-refractivity contribution in [3.8, 4) is 0 Å². The lowest BCUT2D eigenvalue weighted by Gasteiger charge is -2.37. The molecule has 5 rings (SSSR count). The Morgan fingerprint density at radius 3 is 2.64 bits per heavy atom. The number of ether oxygens (including phenoxy) is 1. The van der Waals surface area contributed by atoms with Crippen LogP contribution in [0.3, 0.4) is 0 Å². The zero-order valence-electron chi connectivity index (χ0n) is 19.4. The van der Waals surface area contributed by atoms with Crippen LogP contribution in [0.15, 0.2) is 40.5 Å². The predicted molar refractivity (Wildman–Crippen MR) is 130 cm³/mol. The molecule has 0 saturated heterocycles. The van der Waals surface area contributed by atoms with Gasteiger partial charge in [-0.05, 0) is 55.1 Å². The van der Waals surface area contributed by atoms with Crippen molar-refractivity contribution in [2.24, 2.45) is 17.8 Å². The molecule has 4 unspecified atom stereocenters. The third-order valence-electron chi connectivity index (χ3n) is 6.79. The lowest BCUT2D eigenvalue weighted by Crippen LogP contribution is -2.41. The number of Topliss-reactive ketones (excluding diaryl/α,β-unsaturated/α-hetero) is 1. The molecule has 8 heteroatoms. The van der Waals surface area contributed by atoms with E-state index < -0.39 is 6.04 Å². The van der Waals surface area contributed by atoms with Crippen LogP contribution in [0.4, 0.5) is 5.13 Å². The first-order valence-electron chi connectivity index (χ1n) is 11.6. The number of fused-ring (bicyclic) bond motifs is 1. The Morgan fingerprint density at radius 1 is 1.18 bits per heavy atom. The van der Waals surface area contributed by atoms with Gasteiger partial charge in [-0.15, -0.1) is 22.0 Å². The van der Waals surface area contributed by atoms with E-state index in [0.29, 0.717) is 22.5 Å². The predicted octanol–water partition coefficient (Wildman–Crippen LogP) is 5.20. The van der Waals surface area contributed by atoms with Crippen LogP contribution in [0.2, 0.25) is 0 Å². The fourth-order valence-electron chi connectivity index (χ4n) is 5.15. The van der Waals surface area contributed by atoms with Crippen molar-refractivity contribution in [2.75, 3.05) is 11.2 Å². The van der Waals surface area contributed by atoms with Crippen LogP contribution >= 0.6 is 23.1 Å². The van der Waals surface area contributed by atoms with Crippen molar-refractivity contribution >= 4 is 39.9 Å².